The molecule has 1 aliphatic carbocycles. The number of nitrogens with one attached hydrogen (secondary N) is 1. The molecule has 10 heteroatoms. The number of nitriles is 1. The van der Waals surface area contributed by atoms with E-state index in [0.29, 0.717) is 50.1 Å². The molecule has 3 aliphatic rings. The lowest BCUT2D eigenvalue weighted by atomic mass is 9.76. The number of hydrogen-bond donors (Lipinski definition) is 1. The topological polar surface area (TPSA) is 89.3 Å². The third kappa shape index (κ3) is 4.74. The monoisotopic (exact) mass is 497 g/mol. The number of aromatic nitrogens is 1. The number of piperidine rings is 1. The fourth-order valence-corrected chi connectivity index (χ4v) is 5.35. The second-order valence-electron chi connectivity index (χ2n) is 10.00. The van der Waals surface area contributed by atoms with Crippen LogP contribution < -0.4 is 10.2 Å². The molecule has 5 rings (SSSR count). The van der Waals surface area contributed by atoms with Gasteiger partial charge in [-0.1, -0.05) is 0 Å². The zero-order chi connectivity index (χ0) is 25.5. The summed E-state index contributed by atoms with van der Waals surface area (Å²) < 4.78 is 40.3. The lowest BCUT2D eigenvalue weighted by Crippen LogP contribution is -2.46. The van der Waals surface area contributed by atoms with E-state index in [4.69, 9.17) is 5.26 Å². The molecule has 1 atom stereocenters. The number of halogens is 3. The average Bonchev–Trinajstić information content (AvgIpc) is 3.62. The van der Waals surface area contributed by atoms with Gasteiger partial charge in [0.2, 0.25) is 5.91 Å². The lowest BCUT2D eigenvalue weighted by molar-refractivity contribution is -0.137. The molecule has 0 bridgehead atoms. The van der Waals surface area contributed by atoms with Gasteiger partial charge in [-0.3, -0.25) is 14.6 Å². The molecule has 1 unspecified atom stereocenters. The summed E-state index contributed by atoms with van der Waals surface area (Å²) in [5.74, 6) is -0.351. The van der Waals surface area contributed by atoms with Gasteiger partial charge in [0.25, 0.3) is 5.91 Å². The Morgan fingerprint density at radius 2 is 1.81 bits per heavy atom. The molecule has 7 nitrogen and oxygen atoms in total. The smallest absolute Gasteiger partial charge is 0.371 e. The first-order valence-corrected chi connectivity index (χ1v) is 12.1. The first-order valence-electron chi connectivity index (χ1n) is 12.1. The number of alkyl halides is 3. The number of benzene rings is 1. The van der Waals surface area contributed by atoms with Crippen molar-refractivity contribution in [3.8, 4) is 6.07 Å². The molecule has 2 aliphatic heterocycles. The third-order valence-corrected chi connectivity index (χ3v) is 7.54. The van der Waals surface area contributed by atoms with Crippen molar-refractivity contribution < 1.29 is 22.8 Å². The summed E-state index contributed by atoms with van der Waals surface area (Å²) in [5.41, 5.74) is -0.729. The van der Waals surface area contributed by atoms with Crippen LogP contribution >= 0.6 is 0 Å². The van der Waals surface area contributed by atoms with Crippen LogP contribution in [0.2, 0.25) is 0 Å². The van der Waals surface area contributed by atoms with Gasteiger partial charge in [0.15, 0.2) is 0 Å². The summed E-state index contributed by atoms with van der Waals surface area (Å²) in [5, 5.41) is 12.1. The number of rotatable bonds is 4. The highest BCUT2D eigenvalue weighted by atomic mass is 19.4. The quantitative estimate of drug-likeness (QED) is 0.695. The van der Waals surface area contributed by atoms with Crippen LogP contribution in [0.15, 0.2) is 42.7 Å². The Morgan fingerprint density at radius 3 is 2.42 bits per heavy atom. The van der Waals surface area contributed by atoms with Gasteiger partial charge in [-0.25, -0.2) is 0 Å². The van der Waals surface area contributed by atoms with Crippen LogP contribution in [0.3, 0.4) is 0 Å². The predicted molar refractivity (Wildman–Crippen MR) is 125 cm³/mol. The van der Waals surface area contributed by atoms with Gasteiger partial charge < -0.3 is 15.1 Å². The molecule has 2 aromatic rings. The summed E-state index contributed by atoms with van der Waals surface area (Å²) in [6, 6.07) is 8.28. The van der Waals surface area contributed by atoms with Crippen LogP contribution in [0.4, 0.5) is 18.9 Å². The largest absolute Gasteiger partial charge is 0.417 e. The van der Waals surface area contributed by atoms with Crippen molar-refractivity contribution in [2.75, 3.05) is 24.5 Å². The average molecular weight is 498 g/mol. The summed E-state index contributed by atoms with van der Waals surface area (Å²) in [4.78, 5) is 33.9. The summed E-state index contributed by atoms with van der Waals surface area (Å²) in [6.45, 7) is 1.42. The van der Waals surface area contributed by atoms with Gasteiger partial charge in [-0.05, 0) is 67.9 Å². The molecule has 1 aromatic heterocycles. The van der Waals surface area contributed by atoms with E-state index in [1.807, 2.05) is 4.90 Å². The Bertz CT molecular complexity index is 1200. The van der Waals surface area contributed by atoms with E-state index in [0.717, 1.165) is 18.9 Å². The van der Waals surface area contributed by atoms with Crippen LogP contribution in [0, 0.1) is 16.7 Å². The van der Waals surface area contributed by atoms with Crippen molar-refractivity contribution in [1.29, 1.82) is 5.26 Å². The highest BCUT2D eigenvalue weighted by Crippen LogP contribution is 2.45. The zero-order valence-corrected chi connectivity index (χ0v) is 19.6. The number of nitrogens with zero attached hydrogens (tertiary/aromatic N) is 4. The van der Waals surface area contributed by atoms with Crippen molar-refractivity contribution in [2.24, 2.45) is 5.41 Å². The fraction of sp³-hybridized carbons (Fsp3) is 0.462. The van der Waals surface area contributed by atoms with Crippen LogP contribution in [-0.2, 0) is 11.0 Å². The molecule has 36 heavy (non-hydrogen) atoms. The summed E-state index contributed by atoms with van der Waals surface area (Å²) in [6.07, 6.45) is 2.18. The molecule has 0 radical (unpaired) electrons. The minimum absolute atomic E-state index is 0.138. The Labute approximate surface area is 206 Å². The van der Waals surface area contributed by atoms with Gasteiger partial charge in [0, 0.05) is 49.3 Å². The Hall–Kier alpha value is -3.61. The molecule has 3 fully saturated rings. The zero-order valence-electron chi connectivity index (χ0n) is 19.6. The van der Waals surface area contributed by atoms with E-state index in [9.17, 15) is 22.8 Å². The van der Waals surface area contributed by atoms with Gasteiger partial charge in [0.1, 0.15) is 6.04 Å². The van der Waals surface area contributed by atoms with Gasteiger partial charge >= 0.3 is 6.18 Å². The molecule has 2 saturated heterocycles. The molecule has 2 amide bonds. The number of hydrogen-bond acceptors (Lipinski definition) is 5. The molecular weight excluding hydrogens is 471 g/mol. The molecule has 3 heterocycles. The number of likely N-dealkylation sites (tertiary alicyclic amines) is 1. The minimum Gasteiger partial charge on any atom is -0.371 e. The van der Waals surface area contributed by atoms with E-state index < -0.39 is 23.3 Å². The normalized spacial score (nSPS) is 21.3. The van der Waals surface area contributed by atoms with E-state index in [1.54, 1.807) is 41.6 Å². The Kier molecular flexibility index (Phi) is 6.10. The van der Waals surface area contributed by atoms with Crippen molar-refractivity contribution in [3.05, 3.63) is 59.4 Å². The molecule has 188 valence electrons. The van der Waals surface area contributed by atoms with Crippen molar-refractivity contribution in [2.45, 2.75) is 50.4 Å². The van der Waals surface area contributed by atoms with E-state index in [2.05, 4.69) is 10.3 Å². The van der Waals surface area contributed by atoms with Gasteiger partial charge in [-0.2, -0.15) is 18.4 Å². The maximum Gasteiger partial charge on any atom is 0.417 e. The van der Waals surface area contributed by atoms with Crippen LogP contribution in [-0.4, -0.2) is 53.4 Å². The highest BCUT2D eigenvalue weighted by molar-refractivity contribution is 5.98. The summed E-state index contributed by atoms with van der Waals surface area (Å²) in [7, 11) is 0. The lowest BCUT2D eigenvalue weighted by Gasteiger charge is -2.40. The molecule has 1 saturated carbocycles. The fourth-order valence-electron chi connectivity index (χ4n) is 5.35. The Morgan fingerprint density at radius 1 is 1.11 bits per heavy atom. The highest BCUT2D eigenvalue weighted by Gasteiger charge is 2.50. The minimum atomic E-state index is -4.61. The second-order valence-corrected chi connectivity index (χ2v) is 10.00. The predicted octanol–water partition coefficient (Wildman–Crippen LogP) is 3.75. The van der Waals surface area contributed by atoms with E-state index >= 15 is 0 Å². The number of carbonyl (C=O) groups excluding carboxylic acids is 2. The van der Waals surface area contributed by atoms with E-state index in [1.165, 1.54) is 6.07 Å². The van der Waals surface area contributed by atoms with Crippen molar-refractivity contribution >= 4 is 17.5 Å². The third-order valence-electron chi connectivity index (χ3n) is 7.54. The van der Waals surface area contributed by atoms with Crippen LogP contribution in [0.1, 0.15) is 53.6 Å². The molecular formula is C26H26F3N5O2. The molecule has 1 spiro atoms. The van der Waals surface area contributed by atoms with Crippen LogP contribution in [0.25, 0.3) is 0 Å². The van der Waals surface area contributed by atoms with Gasteiger partial charge in [-0.15, -0.1) is 0 Å². The SMILES string of the molecule is N#Cc1ccc(N2CCC3(CC2)CC(C(=O)NC2CC2)N(C(=O)c2ccncc2)C3)cc1C(F)(F)F. The van der Waals surface area contributed by atoms with Gasteiger partial charge in [0.05, 0.1) is 17.2 Å². The van der Waals surface area contributed by atoms with Crippen molar-refractivity contribution in [1.82, 2.24) is 15.2 Å². The van der Waals surface area contributed by atoms with Crippen molar-refractivity contribution in [3.63, 3.8) is 0 Å². The number of anilines is 1. The molecule has 1 N–H and O–H groups in total. The first-order chi connectivity index (χ1) is 17.2. The van der Waals surface area contributed by atoms with E-state index in [-0.39, 0.29) is 23.3 Å². The number of amides is 2. The maximum absolute atomic E-state index is 13.4. The van der Waals surface area contributed by atoms with Crippen LogP contribution in [0.5, 0.6) is 0 Å². The summed E-state index contributed by atoms with van der Waals surface area (Å²) >= 11 is 0. The maximum atomic E-state index is 13.4. The number of pyridine rings is 1. The first kappa shape index (κ1) is 24.1. The molecule has 1 aromatic carbocycles. The second kappa shape index (κ2) is 9.12. The Balaban J connectivity index is 1.34. The standard InChI is InChI=1S/C26H26F3N5O2/c27-26(28,29)21-13-20(4-1-18(21)15-30)33-11-7-25(8-12-33)14-22(23(35)32-19-2-3-19)34(16-25)24(36)17-5-9-31-10-6-17/h1,4-6,9-10,13,19,22H,2-3,7-8,11-12,14,16H2,(H,32,35). The number of carbonyl (C=O) groups is 2.